The molecule has 0 saturated heterocycles. The van der Waals surface area contributed by atoms with E-state index in [4.69, 9.17) is 4.74 Å². The number of carbonyl (C=O) groups is 1. The Morgan fingerprint density at radius 3 is 3.04 bits per heavy atom. The Morgan fingerprint density at radius 1 is 1.44 bits per heavy atom. The Labute approximate surface area is 142 Å². The molecule has 3 rings (SSSR count). The molecule has 2 N–H and O–H groups in total. The molecule has 1 aliphatic rings. The normalized spacial score (nSPS) is 15.9. The van der Waals surface area contributed by atoms with E-state index in [0.717, 1.165) is 31.2 Å². The maximum atomic E-state index is 12.1. The van der Waals surface area contributed by atoms with Crippen molar-refractivity contribution in [3.05, 3.63) is 62.2 Å². The van der Waals surface area contributed by atoms with Crippen molar-refractivity contribution in [2.75, 3.05) is 6.61 Å². The van der Waals surface area contributed by atoms with Crippen molar-refractivity contribution in [3.63, 3.8) is 0 Å². The second-order valence-electron chi connectivity index (χ2n) is 5.64. The number of aromatic nitrogens is 2. The number of ether oxygens (including phenoxy) is 1. The third kappa shape index (κ3) is 3.65. The van der Waals surface area contributed by atoms with Gasteiger partial charge in [0.1, 0.15) is 0 Å². The van der Waals surface area contributed by atoms with Gasteiger partial charge in [0.15, 0.2) is 6.61 Å². The lowest BCUT2D eigenvalue weighted by atomic mass is 9.88. The van der Waals surface area contributed by atoms with E-state index >= 15 is 0 Å². The molecule has 9 heteroatoms. The summed E-state index contributed by atoms with van der Waals surface area (Å²) in [6, 6.07) is 7.77. The van der Waals surface area contributed by atoms with Gasteiger partial charge in [0.25, 0.3) is 5.91 Å². The molecule has 1 aromatic heterocycles. The molecule has 2 aromatic rings. The molecule has 0 aliphatic heterocycles. The number of hydrogen-bond acceptors (Lipinski definition) is 6. The van der Waals surface area contributed by atoms with Crippen LogP contribution in [0.15, 0.2) is 35.4 Å². The smallest absolute Gasteiger partial charge is 0.395 e. The predicted octanol–water partition coefficient (Wildman–Crippen LogP) is 1.25. The van der Waals surface area contributed by atoms with Crippen molar-refractivity contribution in [1.29, 1.82) is 0 Å². The van der Waals surface area contributed by atoms with Gasteiger partial charge in [0, 0.05) is 0 Å². The van der Waals surface area contributed by atoms with Crippen LogP contribution in [0.2, 0.25) is 0 Å². The van der Waals surface area contributed by atoms with E-state index in [9.17, 15) is 19.7 Å². The average Bonchev–Trinajstić information content (AvgIpc) is 2.60. The van der Waals surface area contributed by atoms with E-state index in [1.807, 2.05) is 24.3 Å². The molecular formula is C16H16N4O5. The van der Waals surface area contributed by atoms with Gasteiger partial charge in [0.2, 0.25) is 0 Å². The maximum absolute atomic E-state index is 12.1. The number of nitrogens with zero attached hydrogens (tertiary/aromatic N) is 2. The first-order chi connectivity index (χ1) is 12.1. The van der Waals surface area contributed by atoms with Crippen LogP contribution in [0.5, 0.6) is 5.88 Å². The third-order valence-electron chi connectivity index (χ3n) is 4.02. The highest BCUT2D eigenvalue weighted by molar-refractivity contribution is 5.78. The number of fused-ring (bicyclic) bond motifs is 1. The summed E-state index contributed by atoms with van der Waals surface area (Å²) in [6.45, 7) is -0.462. The summed E-state index contributed by atoms with van der Waals surface area (Å²) in [6.07, 6.45) is 3.73. The lowest BCUT2D eigenvalue weighted by molar-refractivity contribution is -0.387. The number of nitrogens with one attached hydrogen (secondary N) is 2. The van der Waals surface area contributed by atoms with Crippen molar-refractivity contribution in [2.45, 2.75) is 25.3 Å². The van der Waals surface area contributed by atoms with Crippen LogP contribution in [0.3, 0.4) is 0 Å². The molecule has 0 spiro atoms. The Hall–Kier alpha value is -3.23. The highest BCUT2D eigenvalue weighted by Crippen LogP contribution is 2.29. The lowest BCUT2D eigenvalue weighted by Crippen LogP contribution is -2.34. The topological polar surface area (TPSA) is 127 Å². The summed E-state index contributed by atoms with van der Waals surface area (Å²) in [5.41, 5.74) is 0.518. The zero-order valence-corrected chi connectivity index (χ0v) is 13.2. The average molecular weight is 344 g/mol. The first kappa shape index (κ1) is 16.6. The molecule has 0 bridgehead atoms. The van der Waals surface area contributed by atoms with Crippen molar-refractivity contribution in [2.24, 2.45) is 0 Å². The lowest BCUT2D eigenvalue weighted by Gasteiger charge is -2.26. The molecule has 1 atom stereocenters. The Kier molecular flexibility index (Phi) is 4.73. The van der Waals surface area contributed by atoms with Gasteiger partial charge >= 0.3 is 17.1 Å². The number of aryl methyl sites for hydroxylation is 1. The van der Waals surface area contributed by atoms with Gasteiger partial charge < -0.3 is 15.0 Å². The van der Waals surface area contributed by atoms with Gasteiger partial charge in [-0.15, -0.1) is 0 Å². The number of benzene rings is 1. The second kappa shape index (κ2) is 7.12. The molecule has 1 aliphatic carbocycles. The first-order valence-corrected chi connectivity index (χ1v) is 7.78. The fraction of sp³-hybridized carbons (Fsp3) is 0.312. The molecule has 130 valence electrons. The van der Waals surface area contributed by atoms with Crippen LogP contribution < -0.4 is 15.6 Å². The van der Waals surface area contributed by atoms with Crippen LogP contribution in [0.4, 0.5) is 5.69 Å². The molecule has 0 fully saturated rings. The molecule has 0 radical (unpaired) electrons. The second-order valence-corrected chi connectivity index (χ2v) is 5.64. The van der Waals surface area contributed by atoms with Crippen LogP contribution in [-0.2, 0) is 11.2 Å². The Balaban J connectivity index is 1.66. The molecule has 1 amide bonds. The standard InChI is InChI=1S/C16H16N4O5/c21-13(8-25-16-14(20(23)24)15(22)17-9-18-16)19-12-7-3-5-10-4-1-2-6-11(10)12/h1-2,4,6,9,12H,3,5,7-8H2,(H,19,21)(H,17,18,22)/t12-/m0/s1. The first-order valence-electron chi connectivity index (χ1n) is 7.78. The van der Waals surface area contributed by atoms with Crippen LogP contribution in [0, 0.1) is 10.1 Å². The fourth-order valence-corrected chi connectivity index (χ4v) is 2.92. The highest BCUT2D eigenvalue weighted by atomic mass is 16.6. The number of carbonyl (C=O) groups excluding carboxylic acids is 1. The number of H-pyrrole nitrogens is 1. The fourth-order valence-electron chi connectivity index (χ4n) is 2.92. The van der Waals surface area contributed by atoms with Crippen LogP contribution in [0.25, 0.3) is 0 Å². The summed E-state index contributed by atoms with van der Waals surface area (Å²) in [4.78, 5) is 39.3. The quantitative estimate of drug-likeness (QED) is 0.621. The maximum Gasteiger partial charge on any atom is 0.395 e. The SMILES string of the molecule is O=C(COc1nc[nH]c(=O)c1[N+](=O)[O-])N[C@H]1CCCc2ccccc21. The minimum atomic E-state index is -0.934. The van der Waals surface area contributed by atoms with Crippen LogP contribution in [0.1, 0.15) is 30.0 Å². The van der Waals surface area contributed by atoms with Gasteiger partial charge in [-0.3, -0.25) is 19.7 Å². The highest BCUT2D eigenvalue weighted by Gasteiger charge is 2.24. The Morgan fingerprint density at radius 2 is 2.24 bits per heavy atom. The molecule has 0 unspecified atom stereocenters. The van der Waals surface area contributed by atoms with Crippen molar-refractivity contribution in [3.8, 4) is 5.88 Å². The van der Waals surface area contributed by atoms with Crippen molar-refractivity contribution >= 4 is 11.6 Å². The summed E-state index contributed by atoms with van der Waals surface area (Å²) in [5.74, 6) is -0.911. The molecule has 1 aromatic carbocycles. The number of aromatic amines is 1. The van der Waals surface area contributed by atoms with Gasteiger partial charge in [-0.25, -0.2) is 0 Å². The van der Waals surface area contributed by atoms with Crippen LogP contribution in [-0.4, -0.2) is 27.4 Å². The minimum absolute atomic E-state index is 0.122. The summed E-state index contributed by atoms with van der Waals surface area (Å²) in [7, 11) is 0. The molecular weight excluding hydrogens is 328 g/mol. The number of rotatable bonds is 5. The van der Waals surface area contributed by atoms with E-state index in [0.29, 0.717) is 0 Å². The van der Waals surface area contributed by atoms with Crippen molar-refractivity contribution in [1.82, 2.24) is 15.3 Å². The Bertz CT molecular complexity index is 864. The summed E-state index contributed by atoms with van der Waals surface area (Å²) >= 11 is 0. The predicted molar refractivity (Wildman–Crippen MR) is 87.3 cm³/mol. The number of hydrogen-bond donors (Lipinski definition) is 2. The number of amides is 1. The molecule has 25 heavy (non-hydrogen) atoms. The van der Waals surface area contributed by atoms with Gasteiger partial charge in [-0.05, 0) is 30.4 Å². The third-order valence-corrected chi connectivity index (χ3v) is 4.02. The molecule has 9 nitrogen and oxygen atoms in total. The monoisotopic (exact) mass is 344 g/mol. The zero-order chi connectivity index (χ0) is 17.8. The van der Waals surface area contributed by atoms with E-state index in [2.05, 4.69) is 15.3 Å². The van der Waals surface area contributed by atoms with Crippen molar-refractivity contribution < 1.29 is 14.5 Å². The molecule has 1 heterocycles. The summed E-state index contributed by atoms with van der Waals surface area (Å²) < 4.78 is 5.09. The van der Waals surface area contributed by atoms with E-state index in [-0.39, 0.29) is 6.04 Å². The zero-order valence-electron chi connectivity index (χ0n) is 13.2. The van der Waals surface area contributed by atoms with Crippen LogP contribution >= 0.6 is 0 Å². The van der Waals surface area contributed by atoms with E-state index in [1.54, 1.807) is 0 Å². The number of nitro groups is 1. The minimum Gasteiger partial charge on any atom is -0.463 e. The largest absolute Gasteiger partial charge is 0.463 e. The van der Waals surface area contributed by atoms with E-state index in [1.165, 1.54) is 5.56 Å². The summed E-state index contributed by atoms with van der Waals surface area (Å²) in [5, 5.41) is 13.8. The van der Waals surface area contributed by atoms with Gasteiger partial charge in [-0.1, -0.05) is 24.3 Å². The van der Waals surface area contributed by atoms with Gasteiger partial charge in [-0.2, -0.15) is 4.98 Å². The van der Waals surface area contributed by atoms with E-state index < -0.39 is 34.6 Å². The molecule has 0 saturated carbocycles. The van der Waals surface area contributed by atoms with Gasteiger partial charge in [0.05, 0.1) is 17.3 Å².